The average molecular weight is 232 g/mol. The van der Waals surface area contributed by atoms with Gasteiger partial charge in [0.2, 0.25) is 0 Å². The summed E-state index contributed by atoms with van der Waals surface area (Å²) < 4.78 is 26.1. The fraction of sp³-hybridized carbons (Fsp3) is 0.667. The standard InChI is InChI=1S/C9H16N2O3S/c1-7(2)9-8(6-10-11-9)4-5-14-15(3,12)13/h6-7H,4-5H2,1-3H3,(H,10,11). The molecule has 0 radical (unpaired) electrons. The lowest BCUT2D eigenvalue weighted by Crippen LogP contribution is -2.07. The first-order valence-electron chi connectivity index (χ1n) is 4.77. The summed E-state index contributed by atoms with van der Waals surface area (Å²) in [6.45, 7) is 4.24. The highest BCUT2D eigenvalue weighted by molar-refractivity contribution is 7.85. The number of H-pyrrole nitrogens is 1. The molecule has 0 fully saturated rings. The van der Waals surface area contributed by atoms with Gasteiger partial charge < -0.3 is 0 Å². The maximum absolute atomic E-state index is 10.7. The third-order valence-corrected chi connectivity index (χ3v) is 2.56. The summed E-state index contributed by atoms with van der Waals surface area (Å²) in [6.07, 6.45) is 3.38. The Labute approximate surface area is 90.0 Å². The molecule has 0 aliphatic carbocycles. The topological polar surface area (TPSA) is 72.0 Å². The van der Waals surface area contributed by atoms with Crippen molar-refractivity contribution in [3.63, 3.8) is 0 Å². The van der Waals surface area contributed by atoms with Crippen LogP contribution in [-0.2, 0) is 20.7 Å². The molecule has 0 aliphatic heterocycles. The van der Waals surface area contributed by atoms with Crippen molar-refractivity contribution in [2.24, 2.45) is 0 Å². The van der Waals surface area contributed by atoms with Gasteiger partial charge in [-0.1, -0.05) is 13.8 Å². The highest BCUT2D eigenvalue weighted by Gasteiger charge is 2.10. The van der Waals surface area contributed by atoms with Gasteiger partial charge in [0, 0.05) is 12.6 Å². The van der Waals surface area contributed by atoms with E-state index >= 15 is 0 Å². The van der Waals surface area contributed by atoms with E-state index < -0.39 is 10.1 Å². The Bertz CT molecular complexity index is 409. The molecule has 1 rings (SSSR count). The summed E-state index contributed by atoms with van der Waals surface area (Å²) in [7, 11) is -3.34. The largest absolute Gasteiger partial charge is 0.285 e. The van der Waals surface area contributed by atoms with Gasteiger partial charge in [0.25, 0.3) is 10.1 Å². The van der Waals surface area contributed by atoms with Crippen LogP contribution in [0.3, 0.4) is 0 Å². The lowest BCUT2D eigenvalue weighted by Gasteiger charge is -2.04. The second-order valence-electron chi connectivity index (χ2n) is 3.73. The van der Waals surface area contributed by atoms with Gasteiger partial charge in [-0.15, -0.1) is 0 Å². The fourth-order valence-electron chi connectivity index (χ4n) is 1.33. The second-order valence-corrected chi connectivity index (χ2v) is 5.37. The predicted molar refractivity (Wildman–Crippen MR) is 57.2 cm³/mol. The van der Waals surface area contributed by atoms with Crippen LogP contribution in [0, 0.1) is 0 Å². The molecule has 86 valence electrons. The molecule has 1 aromatic heterocycles. The summed E-state index contributed by atoms with van der Waals surface area (Å²) in [5.41, 5.74) is 1.97. The van der Waals surface area contributed by atoms with E-state index in [1.165, 1.54) is 0 Å². The minimum atomic E-state index is -3.34. The zero-order chi connectivity index (χ0) is 11.5. The molecule has 0 aromatic carbocycles. The predicted octanol–water partition coefficient (Wildman–Crippen LogP) is 1.05. The van der Waals surface area contributed by atoms with Crippen molar-refractivity contribution in [1.29, 1.82) is 0 Å². The van der Waals surface area contributed by atoms with E-state index in [1.54, 1.807) is 6.20 Å². The van der Waals surface area contributed by atoms with Crippen LogP contribution in [0.5, 0.6) is 0 Å². The van der Waals surface area contributed by atoms with E-state index in [0.717, 1.165) is 17.5 Å². The Morgan fingerprint density at radius 3 is 2.73 bits per heavy atom. The monoisotopic (exact) mass is 232 g/mol. The first-order chi connectivity index (χ1) is 6.90. The van der Waals surface area contributed by atoms with Crippen molar-refractivity contribution in [1.82, 2.24) is 10.2 Å². The first kappa shape index (κ1) is 12.2. The molecule has 15 heavy (non-hydrogen) atoms. The molecule has 0 aliphatic rings. The molecule has 0 atom stereocenters. The summed E-state index contributed by atoms with van der Waals surface area (Å²) in [6, 6.07) is 0. The number of nitrogens with one attached hydrogen (secondary N) is 1. The van der Waals surface area contributed by atoms with Gasteiger partial charge in [-0.3, -0.25) is 9.28 Å². The number of hydrogen-bond donors (Lipinski definition) is 1. The molecule has 0 unspecified atom stereocenters. The Morgan fingerprint density at radius 1 is 1.53 bits per heavy atom. The van der Waals surface area contributed by atoms with E-state index in [-0.39, 0.29) is 6.61 Å². The molecule has 0 saturated heterocycles. The average Bonchev–Trinajstić information content (AvgIpc) is 2.49. The molecule has 5 nitrogen and oxygen atoms in total. The highest BCUT2D eigenvalue weighted by atomic mass is 32.2. The van der Waals surface area contributed by atoms with Gasteiger partial charge >= 0.3 is 0 Å². The van der Waals surface area contributed by atoms with Crippen LogP contribution >= 0.6 is 0 Å². The molecular weight excluding hydrogens is 216 g/mol. The fourth-order valence-corrected chi connectivity index (χ4v) is 1.71. The van der Waals surface area contributed by atoms with E-state index in [1.807, 2.05) is 13.8 Å². The normalized spacial score (nSPS) is 12.3. The zero-order valence-electron chi connectivity index (χ0n) is 9.15. The maximum Gasteiger partial charge on any atom is 0.264 e. The molecule has 1 aromatic rings. The SMILES string of the molecule is CC(C)c1n[nH]cc1CCOS(C)(=O)=O. The molecule has 0 spiro atoms. The second kappa shape index (κ2) is 4.76. The minimum absolute atomic E-state index is 0.165. The van der Waals surface area contributed by atoms with Crippen LogP contribution in [0.25, 0.3) is 0 Å². The van der Waals surface area contributed by atoms with Gasteiger partial charge in [0.15, 0.2) is 0 Å². The smallest absolute Gasteiger partial charge is 0.264 e. The van der Waals surface area contributed by atoms with E-state index in [0.29, 0.717) is 12.3 Å². The summed E-state index contributed by atoms with van der Waals surface area (Å²) in [5, 5.41) is 6.87. The first-order valence-corrected chi connectivity index (χ1v) is 6.58. The molecule has 1 heterocycles. The molecule has 1 N–H and O–H groups in total. The van der Waals surface area contributed by atoms with E-state index in [9.17, 15) is 8.42 Å². The van der Waals surface area contributed by atoms with Gasteiger partial charge in [-0.05, 0) is 11.5 Å². The number of aromatic amines is 1. The Balaban J connectivity index is 2.54. The van der Waals surface area contributed by atoms with Crippen molar-refractivity contribution < 1.29 is 12.6 Å². The van der Waals surface area contributed by atoms with Crippen LogP contribution in [-0.4, -0.2) is 31.5 Å². The van der Waals surface area contributed by atoms with Gasteiger partial charge in [0.05, 0.1) is 18.6 Å². The van der Waals surface area contributed by atoms with Crippen LogP contribution in [0.2, 0.25) is 0 Å². The van der Waals surface area contributed by atoms with Gasteiger partial charge in [0.1, 0.15) is 0 Å². The molecule has 6 heteroatoms. The van der Waals surface area contributed by atoms with Gasteiger partial charge in [-0.2, -0.15) is 13.5 Å². The van der Waals surface area contributed by atoms with Crippen LogP contribution in [0.15, 0.2) is 6.20 Å². The molecular formula is C9H16N2O3S. The maximum atomic E-state index is 10.7. The van der Waals surface area contributed by atoms with Crippen molar-refractivity contribution >= 4 is 10.1 Å². The lowest BCUT2D eigenvalue weighted by atomic mass is 10.0. The Kier molecular flexibility index (Phi) is 3.87. The van der Waals surface area contributed by atoms with Crippen LogP contribution in [0.4, 0.5) is 0 Å². The van der Waals surface area contributed by atoms with E-state index in [4.69, 9.17) is 0 Å². The number of nitrogens with zero attached hydrogens (tertiary/aromatic N) is 1. The molecule has 0 bridgehead atoms. The minimum Gasteiger partial charge on any atom is -0.285 e. The lowest BCUT2D eigenvalue weighted by molar-refractivity contribution is 0.325. The summed E-state index contributed by atoms with van der Waals surface area (Å²) in [4.78, 5) is 0. The number of rotatable bonds is 5. The zero-order valence-corrected chi connectivity index (χ0v) is 9.97. The van der Waals surface area contributed by atoms with Crippen LogP contribution < -0.4 is 0 Å². The highest BCUT2D eigenvalue weighted by Crippen LogP contribution is 2.16. The third-order valence-electron chi connectivity index (χ3n) is 1.97. The van der Waals surface area contributed by atoms with Gasteiger partial charge in [-0.25, -0.2) is 0 Å². The third kappa shape index (κ3) is 4.01. The quantitative estimate of drug-likeness (QED) is 0.770. The van der Waals surface area contributed by atoms with Crippen molar-refractivity contribution in [3.8, 4) is 0 Å². The molecule has 0 saturated carbocycles. The van der Waals surface area contributed by atoms with Crippen molar-refractivity contribution in [2.75, 3.05) is 12.9 Å². The molecule has 0 amide bonds. The summed E-state index contributed by atoms with van der Waals surface area (Å²) in [5.74, 6) is 0.324. The number of aromatic nitrogens is 2. The number of hydrogen-bond acceptors (Lipinski definition) is 4. The van der Waals surface area contributed by atoms with Crippen LogP contribution in [0.1, 0.15) is 31.0 Å². The van der Waals surface area contributed by atoms with E-state index in [2.05, 4.69) is 14.4 Å². The van der Waals surface area contributed by atoms with Crippen molar-refractivity contribution in [2.45, 2.75) is 26.2 Å². The van der Waals surface area contributed by atoms with Crippen molar-refractivity contribution in [3.05, 3.63) is 17.5 Å². The Morgan fingerprint density at radius 2 is 2.20 bits per heavy atom. The summed E-state index contributed by atoms with van der Waals surface area (Å²) >= 11 is 0. The Hall–Kier alpha value is -0.880.